The number of aliphatic hydroxyl groups is 2. The molecule has 9 atom stereocenters. The lowest BCUT2D eigenvalue weighted by Gasteiger charge is -2.58. The van der Waals surface area contributed by atoms with Crippen LogP contribution in [0.5, 0.6) is 0 Å². The summed E-state index contributed by atoms with van der Waals surface area (Å²) in [6, 6.07) is 10.2. The lowest BCUT2D eigenvalue weighted by atomic mass is 9.47. The summed E-state index contributed by atoms with van der Waals surface area (Å²) in [4.78, 5) is 0. The zero-order valence-electron chi connectivity index (χ0n) is 21.4. The number of rotatable bonds is 5. The number of fused-ring (bicyclic) bond motifs is 5. The normalized spacial score (nSPS) is 43.0. The van der Waals surface area contributed by atoms with Gasteiger partial charge in [-0.3, -0.25) is 0 Å². The predicted molar refractivity (Wildman–Crippen MR) is 136 cm³/mol. The first-order chi connectivity index (χ1) is 15.6. The van der Waals surface area contributed by atoms with Crippen LogP contribution in [0.1, 0.15) is 97.5 Å². The predicted octanol–water partition coefficient (Wildman–Crippen LogP) is 7.25. The molecule has 3 saturated carbocycles. The molecular weight excluding hydrogens is 404 g/mol. The first kappa shape index (κ1) is 23.6. The van der Waals surface area contributed by atoms with Crippen molar-refractivity contribution < 1.29 is 10.2 Å². The number of allylic oxidation sites excluding steroid dienone is 1. The van der Waals surface area contributed by atoms with Crippen LogP contribution in [0.2, 0.25) is 0 Å². The second kappa shape index (κ2) is 8.52. The summed E-state index contributed by atoms with van der Waals surface area (Å²) in [6.07, 6.45) is 14.2. The Morgan fingerprint density at radius 1 is 1.03 bits per heavy atom. The lowest BCUT2D eigenvalue weighted by Crippen LogP contribution is -2.50. The van der Waals surface area contributed by atoms with Crippen LogP contribution in [0.15, 0.2) is 42.0 Å². The van der Waals surface area contributed by atoms with Crippen molar-refractivity contribution >= 4 is 0 Å². The van der Waals surface area contributed by atoms with Gasteiger partial charge >= 0.3 is 0 Å². The molecule has 1 aromatic carbocycles. The van der Waals surface area contributed by atoms with Gasteiger partial charge in [0.05, 0.1) is 11.7 Å². The van der Waals surface area contributed by atoms with Gasteiger partial charge in [-0.1, -0.05) is 62.8 Å². The summed E-state index contributed by atoms with van der Waals surface area (Å²) < 4.78 is 0. The number of aliphatic hydroxyl groups excluding tert-OH is 1. The van der Waals surface area contributed by atoms with E-state index in [9.17, 15) is 10.2 Å². The van der Waals surface area contributed by atoms with Crippen molar-refractivity contribution in [2.75, 3.05) is 0 Å². The van der Waals surface area contributed by atoms with Crippen LogP contribution in [0, 0.1) is 40.4 Å². The molecule has 0 aromatic heterocycles. The third-order valence-corrected chi connectivity index (χ3v) is 11.3. The highest BCUT2D eigenvalue weighted by Gasteiger charge is 2.59. The van der Waals surface area contributed by atoms with E-state index in [1.807, 2.05) is 25.1 Å². The highest BCUT2D eigenvalue weighted by atomic mass is 16.3. The van der Waals surface area contributed by atoms with E-state index in [1.165, 1.54) is 38.5 Å². The standard InChI is InChI=1S/C31H46O2/c1-21(14-19-31(4,33)22-8-6-5-7-9-22)26-12-13-27-25-11-10-23-20-24(32)15-17-29(23,2)28(25)16-18-30(26,27)3/h5-10,21,24-28,32-33H,11-20H2,1-4H3/t21-,24+,25+,26-,27+,28+,29+,30-,31+/m1/s1. The SMILES string of the molecule is C[C@H](CC[C@](C)(O)c1ccccc1)[C@H]1CC[C@H]2[C@@H]3CC=C4C[C@@H](O)CC[C@]4(C)[C@H]3CC[C@]12C. The molecule has 0 aliphatic heterocycles. The number of hydrogen-bond donors (Lipinski definition) is 2. The smallest absolute Gasteiger partial charge is 0.0868 e. The van der Waals surface area contributed by atoms with Gasteiger partial charge in [0.2, 0.25) is 0 Å². The zero-order chi connectivity index (χ0) is 23.4. The van der Waals surface area contributed by atoms with Crippen LogP contribution in [-0.4, -0.2) is 16.3 Å². The molecule has 4 aliphatic carbocycles. The van der Waals surface area contributed by atoms with Gasteiger partial charge in [-0.05, 0) is 117 Å². The molecule has 0 radical (unpaired) electrons. The van der Waals surface area contributed by atoms with Crippen molar-refractivity contribution in [3.8, 4) is 0 Å². The molecule has 5 rings (SSSR count). The van der Waals surface area contributed by atoms with E-state index in [0.717, 1.165) is 54.9 Å². The Labute approximate surface area is 201 Å². The van der Waals surface area contributed by atoms with E-state index in [-0.39, 0.29) is 6.10 Å². The Morgan fingerprint density at radius 3 is 2.55 bits per heavy atom. The molecule has 0 amide bonds. The largest absolute Gasteiger partial charge is 0.393 e. The fraction of sp³-hybridized carbons (Fsp3) is 0.742. The summed E-state index contributed by atoms with van der Waals surface area (Å²) in [5.74, 6) is 3.93. The first-order valence-corrected chi connectivity index (χ1v) is 13.8. The molecule has 3 fully saturated rings. The molecule has 182 valence electrons. The average Bonchev–Trinajstić information content (AvgIpc) is 3.16. The van der Waals surface area contributed by atoms with Gasteiger partial charge in [0.1, 0.15) is 0 Å². The Hall–Kier alpha value is -1.12. The number of benzene rings is 1. The molecule has 2 N–H and O–H groups in total. The van der Waals surface area contributed by atoms with Gasteiger partial charge < -0.3 is 10.2 Å². The van der Waals surface area contributed by atoms with Crippen LogP contribution in [-0.2, 0) is 5.60 Å². The van der Waals surface area contributed by atoms with Gasteiger partial charge in [-0.2, -0.15) is 0 Å². The van der Waals surface area contributed by atoms with Crippen molar-refractivity contribution in [3.63, 3.8) is 0 Å². The van der Waals surface area contributed by atoms with Gasteiger partial charge in [0.15, 0.2) is 0 Å². The second-order valence-corrected chi connectivity index (χ2v) is 13.0. The average molecular weight is 451 g/mol. The minimum Gasteiger partial charge on any atom is -0.393 e. The monoisotopic (exact) mass is 450 g/mol. The van der Waals surface area contributed by atoms with Crippen molar-refractivity contribution in [3.05, 3.63) is 47.5 Å². The summed E-state index contributed by atoms with van der Waals surface area (Å²) >= 11 is 0. The fourth-order valence-corrected chi connectivity index (χ4v) is 9.27. The van der Waals surface area contributed by atoms with Gasteiger partial charge in [-0.15, -0.1) is 0 Å². The van der Waals surface area contributed by atoms with Crippen LogP contribution in [0.4, 0.5) is 0 Å². The lowest BCUT2D eigenvalue weighted by molar-refractivity contribution is -0.0589. The molecule has 2 nitrogen and oxygen atoms in total. The molecule has 0 saturated heterocycles. The summed E-state index contributed by atoms with van der Waals surface area (Å²) in [5.41, 5.74) is 2.67. The molecule has 0 heterocycles. The fourth-order valence-electron chi connectivity index (χ4n) is 9.27. The third-order valence-electron chi connectivity index (χ3n) is 11.3. The first-order valence-electron chi connectivity index (χ1n) is 13.8. The third kappa shape index (κ3) is 3.94. The molecular formula is C31H46O2. The maximum atomic E-state index is 11.2. The summed E-state index contributed by atoms with van der Waals surface area (Å²) in [6.45, 7) is 9.62. The van der Waals surface area contributed by atoms with E-state index >= 15 is 0 Å². The number of hydrogen-bond acceptors (Lipinski definition) is 2. The zero-order valence-corrected chi connectivity index (χ0v) is 21.4. The molecule has 0 bridgehead atoms. The van der Waals surface area contributed by atoms with Crippen molar-refractivity contribution in [1.29, 1.82) is 0 Å². The highest BCUT2D eigenvalue weighted by molar-refractivity contribution is 5.25. The highest BCUT2D eigenvalue weighted by Crippen LogP contribution is 2.67. The Bertz CT molecular complexity index is 872. The maximum absolute atomic E-state index is 11.2. The van der Waals surface area contributed by atoms with E-state index in [0.29, 0.717) is 16.7 Å². The van der Waals surface area contributed by atoms with E-state index in [1.54, 1.807) is 5.57 Å². The van der Waals surface area contributed by atoms with Crippen molar-refractivity contribution in [2.45, 2.75) is 104 Å². The van der Waals surface area contributed by atoms with Crippen LogP contribution >= 0.6 is 0 Å². The van der Waals surface area contributed by atoms with Gasteiger partial charge in [-0.25, -0.2) is 0 Å². The quantitative estimate of drug-likeness (QED) is 0.464. The van der Waals surface area contributed by atoms with Crippen molar-refractivity contribution in [1.82, 2.24) is 0 Å². The summed E-state index contributed by atoms with van der Waals surface area (Å²) in [7, 11) is 0. The molecule has 0 spiro atoms. The molecule has 2 heteroatoms. The molecule has 0 unspecified atom stereocenters. The minimum absolute atomic E-state index is 0.112. The van der Waals surface area contributed by atoms with E-state index in [2.05, 4.69) is 39.0 Å². The minimum atomic E-state index is -0.739. The van der Waals surface area contributed by atoms with E-state index < -0.39 is 5.60 Å². The Morgan fingerprint density at radius 2 is 1.79 bits per heavy atom. The Balaban J connectivity index is 1.29. The van der Waals surface area contributed by atoms with Crippen LogP contribution < -0.4 is 0 Å². The summed E-state index contributed by atoms with van der Waals surface area (Å²) in [5, 5.41) is 21.4. The van der Waals surface area contributed by atoms with Crippen LogP contribution in [0.25, 0.3) is 0 Å². The molecule has 1 aromatic rings. The van der Waals surface area contributed by atoms with Crippen LogP contribution in [0.3, 0.4) is 0 Å². The topological polar surface area (TPSA) is 40.5 Å². The van der Waals surface area contributed by atoms with Gasteiger partial charge in [0.25, 0.3) is 0 Å². The van der Waals surface area contributed by atoms with Crippen molar-refractivity contribution in [2.24, 2.45) is 40.4 Å². The molecule has 33 heavy (non-hydrogen) atoms. The maximum Gasteiger partial charge on any atom is 0.0868 e. The molecule has 4 aliphatic rings. The van der Waals surface area contributed by atoms with E-state index in [4.69, 9.17) is 0 Å². The Kier molecular flexibility index (Phi) is 6.10. The van der Waals surface area contributed by atoms with Gasteiger partial charge in [0, 0.05) is 0 Å². The second-order valence-electron chi connectivity index (χ2n) is 13.0.